The number of nitrogens with zero attached hydrogens (tertiary/aromatic N) is 1. The highest BCUT2D eigenvalue weighted by Gasteiger charge is 2.10. The van der Waals surface area contributed by atoms with Gasteiger partial charge in [0.15, 0.2) is 0 Å². The van der Waals surface area contributed by atoms with Gasteiger partial charge < -0.3 is 4.90 Å². The molecule has 0 saturated carbocycles. The Labute approximate surface area is 101 Å². The van der Waals surface area contributed by atoms with Gasteiger partial charge in [-0.05, 0) is 56.9 Å². The zero-order valence-corrected chi connectivity index (χ0v) is 10.7. The summed E-state index contributed by atoms with van der Waals surface area (Å²) in [5.41, 5.74) is 1.44. The van der Waals surface area contributed by atoms with Crippen molar-refractivity contribution >= 4 is 15.9 Å². The minimum absolute atomic E-state index is 1.19. The van der Waals surface area contributed by atoms with Gasteiger partial charge in [0.2, 0.25) is 0 Å². The topological polar surface area (TPSA) is 3.24 Å². The third kappa shape index (κ3) is 3.32. The van der Waals surface area contributed by atoms with E-state index in [1.807, 2.05) is 0 Å². The van der Waals surface area contributed by atoms with Crippen molar-refractivity contribution in [3.05, 3.63) is 34.3 Å². The summed E-state index contributed by atoms with van der Waals surface area (Å²) >= 11 is 3.60. The molecule has 1 heterocycles. The van der Waals surface area contributed by atoms with Crippen LogP contribution in [0, 0.1) is 0 Å². The molecule has 0 spiro atoms. The van der Waals surface area contributed by atoms with Crippen molar-refractivity contribution in [2.45, 2.75) is 25.7 Å². The van der Waals surface area contributed by atoms with Gasteiger partial charge in [-0.1, -0.05) is 34.1 Å². The molecule has 0 aromatic heterocycles. The largest absolute Gasteiger partial charge is 0.303 e. The Bertz CT molecular complexity index is 305. The van der Waals surface area contributed by atoms with Crippen molar-refractivity contribution in [2.24, 2.45) is 0 Å². The monoisotopic (exact) mass is 267 g/mol. The summed E-state index contributed by atoms with van der Waals surface area (Å²) in [5, 5.41) is 0. The van der Waals surface area contributed by atoms with Crippen LogP contribution in [0.5, 0.6) is 0 Å². The highest BCUT2D eigenvalue weighted by molar-refractivity contribution is 9.10. The van der Waals surface area contributed by atoms with Crippen molar-refractivity contribution < 1.29 is 0 Å². The summed E-state index contributed by atoms with van der Waals surface area (Å²) in [6, 6.07) is 8.54. The summed E-state index contributed by atoms with van der Waals surface area (Å²) < 4.78 is 1.26. The van der Waals surface area contributed by atoms with Gasteiger partial charge in [-0.3, -0.25) is 0 Å². The highest BCUT2D eigenvalue weighted by Crippen LogP contribution is 2.18. The molecule has 15 heavy (non-hydrogen) atoms. The fourth-order valence-electron chi connectivity index (χ4n) is 2.20. The average Bonchev–Trinajstić information content (AvgIpc) is 2.74. The molecule has 1 nitrogen and oxygen atoms in total. The molecular formula is C13H18BrN. The van der Waals surface area contributed by atoms with Gasteiger partial charge in [0.05, 0.1) is 0 Å². The van der Waals surface area contributed by atoms with E-state index in [1.54, 1.807) is 0 Å². The first kappa shape index (κ1) is 11.2. The Morgan fingerprint density at radius 2 is 1.87 bits per heavy atom. The van der Waals surface area contributed by atoms with Crippen LogP contribution < -0.4 is 0 Å². The first-order chi connectivity index (χ1) is 7.36. The van der Waals surface area contributed by atoms with Crippen LogP contribution in [0.4, 0.5) is 0 Å². The Morgan fingerprint density at radius 3 is 2.60 bits per heavy atom. The SMILES string of the molecule is Brc1ccccc1CCCN1CCCC1. The lowest BCUT2D eigenvalue weighted by Gasteiger charge is -2.14. The van der Waals surface area contributed by atoms with Gasteiger partial charge in [0.25, 0.3) is 0 Å². The Hall–Kier alpha value is -0.340. The molecule has 0 bridgehead atoms. The summed E-state index contributed by atoms with van der Waals surface area (Å²) in [4.78, 5) is 2.58. The second-order valence-electron chi connectivity index (χ2n) is 4.24. The maximum absolute atomic E-state index is 3.60. The standard InChI is InChI=1S/C13H18BrN/c14-13-8-2-1-6-12(13)7-5-11-15-9-3-4-10-15/h1-2,6,8H,3-5,7,9-11H2. The molecule has 1 fully saturated rings. The summed E-state index contributed by atoms with van der Waals surface area (Å²) in [7, 11) is 0. The first-order valence-corrected chi connectivity index (χ1v) is 6.61. The highest BCUT2D eigenvalue weighted by atomic mass is 79.9. The molecule has 82 valence electrons. The molecular weight excluding hydrogens is 250 g/mol. The zero-order chi connectivity index (χ0) is 10.5. The molecule has 0 aliphatic carbocycles. The lowest BCUT2D eigenvalue weighted by molar-refractivity contribution is 0.334. The van der Waals surface area contributed by atoms with E-state index >= 15 is 0 Å². The molecule has 0 unspecified atom stereocenters. The van der Waals surface area contributed by atoms with Crippen LogP contribution in [0.1, 0.15) is 24.8 Å². The van der Waals surface area contributed by atoms with Crippen LogP contribution in [0.25, 0.3) is 0 Å². The molecule has 1 aromatic carbocycles. The minimum atomic E-state index is 1.19. The van der Waals surface area contributed by atoms with E-state index in [-0.39, 0.29) is 0 Å². The van der Waals surface area contributed by atoms with Gasteiger partial charge in [-0.2, -0.15) is 0 Å². The number of likely N-dealkylation sites (tertiary alicyclic amines) is 1. The molecule has 0 radical (unpaired) electrons. The van der Waals surface area contributed by atoms with Gasteiger partial charge in [-0.25, -0.2) is 0 Å². The van der Waals surface area contributed by atoms with Crippen LogP contribution >= 0.6 is 15.9 Å². The van der Waals surface area contributed by atoms with Gasteiger partial charge in [-0.15, -0.1) is 0 Å². The Balaban J connectivity index is 1.75. The lowest BCUT2D eigenvalue weighted by Crippen LogP contribution is -2.20. The predicted molar refractivity (Wildman–Crippen MR) is 68.1 cm³/mol. The van der Waals surface area contributed by atoms with E-state index in [1.165, 1.54) is 55.4 Å². The molecule has 1 aliphatic heterocycles. The third-order valence-corrected chi connectivity index (χ3v) is 3.85. The van der Waals surface area contributed by atoms with Crippen molar-refractivity contribution in [1.82, 2.24) is 4.90 Å². The van der Waals surface area contributed by atoms with E-state index in [2.05, 4.69) is 45.1 Å². The summed E-state index contributed by atoms with van der Waals surface area (Å²) in [5.74, 6) is 0. The molecule has 2 heteroatoms. The van der Waals surface area contributed by atoms with Crippen LogP contribution in [-0.4, -0.2) is 24.5 Å². The van der Waals surface area contributed by atoms with Crippen molar-refractivity contribution in [2.75, 3.05) is 19.6 Å². The number of hydrogen-bond acceptors (Lipinski definition) is 1. The van der Waals surface area contributed by atoms with Crippen molar-refractivity contribution in [1.29, 1.82) is 0 Å². The number of rotatable bonds is 4. The number of aryl methyl sites for hydroxylation is 1. The second kappa shape index (κ2) is 5.66. The van der Waals surface area contributed by atoms with Gasteiger partial charge in [0.1, 0.15) is 0 Å². The van der Waals surface area contributed by atoms with Crippen LogP contribution in [0.3, 0.4) is 0 Å². The number of hydrogen-bond donors (Lipinski definition) is 0. The molecule has 0 amide bonds. The van der Waals surface area contributed by atoms with E-state index in [4.69, 9.17) is 0 Å². The van der Waals surface area contributed by atoms with Crippen LogP contribution in [0.2, 0.25) is 0 Å². The van der Waals surface area contributed by atoms with Crippen LogP contribution in [0.15, 0.2) is 28.7 Å². The maximum atomic E-state index is 3.60. The number of benzene rings is 1. The minimum Gasteiger partial charge on any atom is -0.303 e. The van der Waals surface area contributed by atoms with Crippen molar-refractivity contribution in [3.8, 4) is 0 Å². The zero-order valence-electron chi connectivity index (χ0n) is 9.08. The summed E-state index contributed by atoms with van der Waals surface area (Å²) in [6.07, 6.45) is 5.27. The molecule has 1 aliphatic rings. The molecule has 0 N–H and O–H groups in total. The molecule has 2 rings (SSSR count). The van der Waals surface area contributed by atoms with Crippen molar-refractivity contribution in [3.63, 3.8) is 0 Å². The molecule has 1 saturated heterocycles. The Morgan fingerprint density at radius 1 is 1.13 bits per heavy atom. The Kier molecular flexibility index (Phi) is 4.21. The third-order valence-electron chi connectivity index (χ3n) is 3.08. The van der Waals surface area contributed by atoms with E-state index in [0.29, 0.717) is 0 Å². The van der Waals surface area contributed by atoms with Gasteiger partial charge in [0, 0.05) is 4.47 Å². The summed E-state index contributed by atoms with van der Waals surface area (Å²) in [6.45, 7) is 3.90. The smallest absolute Gasteiger partial charge is 0.0207 e. The normalized spacial score (nSPS) is 17.1. The fourth-order valence-corrected chi connectivity index (χ4v) is 2.68. The average molecular weight is 268 g/mol. The fraction of sp³-hybridized carbons (Fsp3) is 0.538. The molecule has 1 aromatic rings. The predicted octanol–water partition coefficient (Wildman–Crippen LogP) is 3.48. The number of halogens is 1. The lowest BCUT2D eigenvalue weighted by atomic mass is 10.1. The van der Waals surface area contributed by atoms with E-state index in [0.717, 1.165) is 0 Å². The van der Waals surface area contributed by atoms with E-state index < -0.39 is 0 Å². The quantitative estimate of drug-likeness (QED) is 0.808. The van der Waals surface area contributed by atoms with E-state index in [9.17, 15) is 0 Å². The van der Waals surface area contributed by atoms with Gasteiger partial charge >= 0.3 is 0 Å². The second-order valence-corrected chi connectivity index (χ2v) is 5.10. The first-order valence-electron chi connectivity index (χ1n) is 5.82. The molecule has 0 atom stereocenters. The van der Waals surface area contributed by atoms with Crippen LogP contribution in [-0.2, 0) is 6.42 Å². The maximum Gasteiger partial charge on any atom is 0.0207 e.